The van der Waals surface area contributed by atoms with Crippen LogP contribution in [0.25, 0.3) is 0 Å². The van der Waals surface area contributed by atoms with Gasteiger partial charge < -0.3 is 19.5 Å². The highest BCUT2D eigenvalue weighted by molar-refractivity contribution is 7.98. The number of hydrogen-bond donors (Lipinski definition) is 1. The normalized spacial score (nSPS) is 17.5. The third kappa shape index (κ3) is 5.49. The number of hydrogen-bond acceptors (Lipinski definition) is 8. The van der Waals surface area contributed by atoms with Gasteiger partial charge in [-0.1, -0.05) is 54.0 Å². The van der Waals surface area contributed by atoms with Gasteiger partial charge in [0.05, 0.1) is 19.8 Å². The first-order valence-corrected chi connectivity index (χ1v) is 14.1. The second kappa shape index (κ2) is 11.7. The lowest BCUT2D eigenvalue weighted by Gasteiger charge is -2.30. The average molecular weight is 555 g/mol. The molecule has 1 aromatic heterocycles. The number of ether oxygens (including phenoxy) is 3. The van der Waals surface area contributed by atoms with Crippen molar-refractivity contribution in [1.29, 1.82) is 0 Å². The van der Waals surface area contributed by atoms with E-state index in [2.05, 4.69) is 5.32 Å². The van der Waals surface area contributed by atoms with E-state index in [0.29, 0.717) is 44.6 Å². The summed E-state index contributed by atoms with van der Waals surface area (Å²) in [7, 11) is 3.19. The third-order valence-corrected chi connectivity index (χ3v) is 8.17. The molecule has 8 nitrogen and oxygen atoms in total. The van der Waals surface area contributed by atoms with Gasteiger partial charge in [-0.05, 0) is 61.9 Å². The maximum absolute atomic E-state index is 13.6. The molecule has 0 saturated heterocycles. The maximum Gasteiger partial charge on any atom is 0.338 e. The van der Waals surface area contributed by atoms with Crippen molar-refractivity contribution in [2.75, 3.05) is 19.5 Å². The van der Waals surface area contributed by atoms with Gasteiger partial charge in [0.15, 0.2) is 11.5 Å². The summed E-state index contributed by atoms with van der Waals surface area (Å²) in [6, 6.07) is 12.8. The van der Waals surface area contributed by atoms with Crippen LogP contribution in [0.4, 0.5) is 5.95 Å². The van der Waals surface area contributed by atoms with E-state index in [1.807, 2.05) is 49.4 Å². The number of anilines is 1. The molecule has 0 amide bonds. The van der Waals surface area contributed by atoms with Crippen molar-refractivity contribution in [2.45, 2.75) is 62.1 Å². The Hall–Kier alpha value is -3.17. The summed E-state index contributed by atoms with van der Waals surface area (Å²) < 4.78 is 18.8. The number of benzene rings is 2. The molecule has 0 radical (unpaired) electrons. The number of carbonyl (C=O) groups is 1. The number of allylic oxidation sites excluding steroid dienone is 1. The molecular weight excluding hydrogens is 524 g/mol. The number of halogens is 1. The van der Waals surface area contributed by atoms with E-state index in [4.69, 9.17) is 35.9 Å². The largest absolute Gasteiger partial charge is 0.493 e. The van der Waals surface area contributed by atoms with Gasteiger partial charge in [0.2, 0.25) is 11.1 Å². The van der Waals surface area contributed by atoms with Crippen LogP contribution in [-0.2, 0) is 15.3 Å². The van der Waals surface area contributed by atoms with Crippen molar-refractivity contribution in [1.82, 2.24) is 14.8 Å². The summed E-state index contributed by atoms with van der Waals surface area (Å²) in [5, 5.41) is 9.38. The molecule has 5 rings (SSSR count). The number of esters is 1. The molecule has 1 N–H and O–H groups in total. The van der Waals surface area contributed by atoms with Crippen molar-refractivity contribution < 1.29 is 19.0 Å². The summed E-state index contributed by atoms with van der Waals surface area (Å²) in [5.74, 6) is 2.00. The van der Waals surface area contributed by atoms with Crippen LogP contribution in [0.2, 0.25) is 5.02 Å². The minimum absolute atomic E-state index is 0.0681. The molecule has 1 atom stereocenters. The number of aromatic nitrogens is 3. The fraction of sp³-hybridized carbons (Fsp3) is 0.393. The average Bonchev–Trinajstić information content (AvgIpc) is 3.34. The zero-order valence-electron chi connectivity index (χ0n) is 21.7. The molecule has 1 aliphatic heterocycles. The Labute approximate surface area is 231 Å². The van der Waals surface area contributed by atoms with Crippen LogP contribution >= 0.6 is 23.4 Å². The molecule has 2 heterocycles. The summed E-state index contributed by atoms with van der Waals surface area (Å²) >= 11 is 7.83. The Morgan fingerprint density at radius 1 is 1.11 bits per heavy atom. The van der Waals surface area contributed by atoms with Gasteiger partial charge in [-0.2, -0.15) is 4.98 Å². The molecule has 0 spiro atoms. The summed E-state index contributed by atoms with van der Waals surface area (Å²) in [5.41, 5.74) is 3.01. The molecule has 2 aliphatic rings. The number of thioether (sulfide) groups is 1. The summed E-state index contributed by atoms with van der Waals surface area (Å²) in [6.45, 7) is 1.87. The van der Waals surface area contributed by atoms with Gasteiger partial charge in [-0.25, -0.2) is 9.48 Å². The molecule has 10 heteroatoms. The smallest absolute Gasteiger partial charge is 0.338 e. The van der Waals surface area contributed by atoms with E-state index in [-0.39, 0.29) is 12.1 Å². The molecule has 1 unspecified atom stereocenters. The van der Waals surface area contributed by atoms with Crippen LogP contribution < -0.4 is 14.8 Å². The molecule has 1 aliphatic carbocycles. The first-order chi connectivity index (χ1) is 18.5. The molecule has 38 heavy (non-hydrogen) atoms. The lowest BCUT2D eigenvalue weighted by atomic mass is 9.94. The molecule has 1 saturated carbocycles. The van der Waals surface area contributed by atoms with Gasteiger partial charge in [-0.15, -0.1) is 5.10 Å². The Morgan fingerprint density at radius 3 is 2.61 bits per heavy atom. The van der Waals surface area contributed by atoms with Gasteiger partial charge in [0.25, 0.3) is 0 Å². The predicted molar refractivity (Wildman–Crippen MR) is 148 cm³/mol. The molecule has 0 bridgehead atoms. The van der Waals surface area contributed by atoms with Gasteiger partial charge in [-0.3, -0.25) is 0 Å². The van der Waals surface area contributed by atoms with E-state index < -0.39 is 6.04 Å². The first-order valence-electron chi connectivity index (χ1n) is 12.7. The van der Waals surface area contributed by atoms with E-state index >= 15 is 0 Å². The second-order valence-electron chi connectivity index (χ2n) is 9.39. The zero-order chi connectivity index (χ0) is 26.6. The number of carbonyl (C=O) groups excluding carboxylic acids is 1. The van der Waals surface area contributed by atoms with Crippen molar-refractivity contribution in [3.8, 4) is 11.5 Å². The standard InChI is InChI=1S/C28H31ClN4O4S/c1-17-24(26(34)37-20-10-5-4-6-11-20)25(18-13-14-22(35-2)23(15-18)36-3)33-27(30-17)31-28(32-33)38-16-19-9-7-8-12-21(19)29/h7-9,12-15,20,25H,4-6,10-11,16H2,1-3H3,(H,30,31,32). The summed E-state index contributed by atoms with van der Waals surface area (Å²) in [4.78, 5) is 18.4. The molecule has 1 fully saturated rings. The fourth-order valence-electron chi connectivity index (χ4n) is 4.94. The minimum Gasteiger partial charge on any atom is -0.493 e. The van der Waals surface area contributed by atoms with Crippen LogP contribution in [0.3, 0.4) is 0 Å². The molecule has 3 aromatic rings. The van der Waals surface area contributed by atoms with Crippen LogP contribution in [0, 0.1) is 0 Å². The molecule has 2 aromatic carbocycles. The Balaban J connectivity index is 1.50. The number of methoxy groups -OCH3 is 2. The van der Waals surface area contributed by atoms with Crippen LogP contribution in [-0.4, -0.2) is 41.1 Å². The van der Waals surface area contributed by atoms with Crippen LogP contribution in [0.15, 0.2) is 58.9 Å². The Kier molecular flexibility index (Phi) is 8.14. The monoisotopic (exact) mass is 554 g/mol. The lowest BCUT2D eigenvalue weighted by Crippen LogP contribution is -2.32. The topological polar surface area (TPSA) is 87.5 Å². The van der Waals surface area contributed by atoms with E-state index in [1.54, 1.807) is 18.9 Å². The second-order valence-corrected chi connectivity index (χ2v) is 10.7. The lowest BCUT2D eigenvalue weighted by molar-refractivity contribution is -0.146. The van der Waals surface area contributed by atoms with Gasteiger partial charge in [0.1, 0.15) is 12.1 Å². The van der Waals surface area contributed by atoms with Crippen molar-refractivity contribution in [2.24, 2.45) is 0 Å². The van der Waals surface area contributed by atoms with E-state index in [1.165, 1.54) is 18.2 Å². The minimum atomic E-state index is -0.552. The van der Waals surface area contributed by atoms with Crippen LogP contribution in [0.5, 0.6) is 11.5 Å². The fourth-order valence-corrected chi connectivity index (χ4v) is 6.06. The van der Waals surface area contributed by atoms with Gasteiger partial charge in [0, 0.05) is 16.5 Å². The van der Waals surface area contributed by atoms with E-state index in [9.17, 15) is 4.79 Å². The predicted octanol–water partition coefficient (Wildman–Crippen LogP) is 6.41. The van der Waals surface area contributed by atoms with Crippen LogP contribution in [0.1, 0.15) is 56.2 Å². The quantitative estimate of drug-likeness (QED) is 0.252. The number of fused-ring (bicyclic) bond motifs is 1. The highest BCUT2D eigenvalue weighted by Gasteiger charge is 2.37. The highest BCUT2D eigenvalue weighted by Crippen LogP contribution is 2.40. The highest BCUT2D eigenvalue weighted by atomic mass is 35.5. The van der Waals surface area contributed by atoms with Crippen molar-refractivity contribution in [3.05, 3.63) is 69.9 Å². The van der Waals surface area contributed by atoms with Crippen molar-refractivity contribution in [3.63, 3.8) is 0 Å². The Morgan fingerprint density at radius 2 is 1.87 bits per heavy atom. The molecular formula is C28H31ClN4O4S. The first kappa shape index (κ1) is 26.4. The number of rotatable bonds is 8. The van der Waals surface area contributed by atoms with E-state index in [0.717, 1.165) is 36.8 Å². The number of nitrogens with one attached hydrogen (secondary N) is 1. The van der Waals surface area contributed by atoms with Gasteiger partial charge >= 0.3 is 5.97 Å². The maximum atomic E-state index is 13.6. The zero-order valence-corrected chi connectivity index (χ0v) is 23.3. The third-order valence-electron chi connectivity index (χ3n) is 6.92. The summed E-state index contributed by atoms with van der Waals surface area (Å²) in [6.07, 6.45) is 5.05. The van der Waals surface area contributed by atoms with Crippen molar-refractivity contribution >= 4 is 35.3 Å². The Bertz CT molecular complexity index is 1350. The SMILES string of the molecule is COc1ccc(C2C(C(=O)OC3CCCCC3)=C(C)Nc3nc(SCc4ccccc4Cl)nn32)cc1OC. The number of nitrogens with zero attached hydrogens (tertiary/aromatic N) is 3. The molecule has 200 valence electrons.